The van der Waals surface area contributed by atoms with E-state index in [1.165, 1.54) is 17.1 Å². The highest BCUT2D eigenvalue weighted by Gasteiger charge is 2.22. The Hall–Kier alpha value is -1.89. The second kappa shape index (κ2) is 4.96. The number of rotatable bonds is 4. The summed E-state index contributed by atoms with van der Waals surface area (Å²) in [6.07, 6.45) is 4.77. The molecule has 1 aliphatic heterocycles. The Balaban J connectivity index is 1.91. The number of nitrogens with one attached hydrogen (secondary N) is 2. The number of anilines is 1. The zero-order chi connectivity index (χ0) is 12.3. The van der Waals surface area contributed by atoms with Crippen LogP contribution in [0.5, 0.6) is 0 Å². The maximum atomic E-state index is 11.7. The highest BCUT2D eigenvalue weighted by Crippen LogP contribution is 2.10. The molecule has 1 aliphatic rings. The van der Waals surface area contributed by atoms with Gasteiger partial charge in [0.05, 0.1) is 17.9 Å². The molecule has 1 saturated heterocycles. The van der Waals surface area contributed by atoms with Crippen LogP contribution in [0, 0.1) is 0 Å². The van der Waals surface area contributed by atoms with Crippen LogP contribution < -0.4 is 10.6 Å². The third kappa shape index (κ3) is 3.04. The van der Waals surface area contributed by atoms with Crippen LogP contribution in [0.15, 0.2) is 12.4 Å². The summed E-state index contributed by atoms with van der Waals surface area (Å²) in [4.78, 5) is 22.2. The van der Waals surface area contributed by atoms with Crippen LogP contribution in [0.3, 0.4) is 0 Å². The number of carbonyl (C=O) groups is 2. The Bertz CT molecular complexity index is 423. The summed E-state index contributed by atoms with van der Waals surface area (Å²) < 4.78 is 1.26. The first-order valence-electron chi connectivity index (χ1n) is 5.43. The van der Waals surface area contributed by atoms with Crippen molar-refractivity contribution in [3.05, 3.63) is 12.4 Å². The van der Waals surface area contributed by atoms with Crippen molar-refractivity contribution < 1.29 is 14.7 Å². The van der Waals surface area contributed by atoms with E-state index in [0.29, 0.717) is 5.69 Å². The van der Waals surface area contributed by atoms with Crippen LogP contribution in [0.25, 0.3) is 0 Å². The largest absolute Gasteiger partial charge is 0.480 e. The summed E-state index contributed by atoms with van der Waals surface area (Å²) in [5.74, 6) is -1.07. The Kier molecular flexibility index (Phi) is 3.38. The summed E-state index contributed by atoms with van der Waals surface area (Å²) in [5, 5.41) is 18.2. The van der Waals surface area contributed by atoms with Crippen LogP contribution in [0.4, 0.5) is 5.69 Å². The predicted octanol–water partition coefficient (Wildman–Crippen LogP) is -0.342. The van der Waals surface area contributed by atoms with Crippen molar-refractivity contribution in [3.8, 4) is 0 Å². The van der Waals surface area contributed by atoms with Gasteiger partial charge in [-0.3, -0.25) is 14.3 Å². The average molecular weight is 238 g/mol. The number of hydrogen-bond donors (Lipinski definition) is 3. The number of carboxylic acids is 1. The second-order valence-corrected chi connectivity index (χ2v) is 3.96. The highest BCUT2D eigenvalue weighted by atomic mass is 16.4. The molecule has 1 fully saturated rings. The number of amides is 1. The average Bonchev–Trinajstić information content (AvgIpc) is 2.87. The predicted molar refractivity (Wildman–Crippen MR) is 59.5 cm³/mol. The second-order valence-electron chi connectivity index (χ2n) is 3.96. The lowest BCUT2D eigenvalue weighted by Crippen LogP contribution is -2.35. The van der Waals surface area contributed by atoms with E-state index < -0.39 is 5.97 Å². The van der Waals surface area contributed by atoms with Gasteiger partial charge in [0, 0.05) is 6.20 Å². The van der Waals surface area contributed by atoms with Gasteiger partial charge in [-0.15, -0.1) is 0 Å². The molecule has 7 nitrogen and oxygen atoms in total. The van der Waals surface area contributed by atoms with Crippen molar-refractivity contribution in [1.82, 2.24) is 15.1 Å². The Labute approximate surface area is 97.8 Å². The first-order chi connectivity index (χ1) is 8.15. The van der Waals surface area contributed by atoms with Gasteiger partial charge in [-0.25, -0.2) is 0 Å². The summed E-state index contributed by atoms with van der Waals surface area (Å²) in [7, 11) is 0. The van der Waals surface area contributed by atoms with E-state index in [0.717, 1.165) is 19.4 Å². The van der Waals surface area contributed by atoms with E-state index >= 15 is 0 Å². The van der Waals surface area contributed by atoms with Gasteiger partial charge >= 0.3 is 5.97 Å². The quantitative estimate of drug-likeness (QED) is 0.666. The number of carbonyl (C=O) groups excluding carboxylic acids is 1. The van der Waals surface area contributed by atoms with Crippen molar-refractivity contribution in [3.63, 3.8) is 0 Å². The van der Waals surface area contributed by atoms with Gasteiger partial charge in [0.15, 0.2) is 0 Å². The SMILES string of the molecule is O=C(O)Cn1cc(NC(=O)[C@H]2CCCN2)cn1. The minimum atomic E-state index is -0.969. The van der Waals surface area contributed by atoms with Gasteiger partial charge in [-0.2, -0.15) is 5.10 Å². The minimum Gasteiger partial charge on any atom is -0.480 e. The maximum Gasteiger partial charge on any atom is 0.325 e. The molecule has 0 aliphatic carbocycles. The lowest BCUT2D eigenvalue weighted by atomic mass is 10.2. The normalized spacial score (nSPS) is 19.2. The molecular weight excluding hydrogens is 224 g/mol. The van der Waals surface area contributed by atoms with Crippen molar-refractivity contribution in [2.75, 3.05) is 11.9 Å². The smallest absolute Gasteiger partial charge is 0.325 e. The molecule has 0 unspecified atom stereocenters. The number of hydrogen-bond acceptors (Lipinski definition) is 4. The Morgan fingerprint density at radius 3 is 3.12 bits per heavy atom. The standard InChI is InChI=1S/C10H14N4O3/c15-9(16)6-14-5-7(4-12-14)13-10(17)8-2-1-3-11-8/h4-5,8,11H,1-3,6H2,(H,13,17)(H,15,16)/t8-/m1/s1. The summed E-state index contributed by atoms with van der Waals surface area (Å²) in [6.45, 7) is 0.647. The minimum absolute atomic E-state index is 0.0997. The van der Waals surface area contributed by atoms with Crippen LogP contribution in [-0.2, 0) is 16.1 Å². The van der Waals surface area contributed by atoms with Gasteiger partial charge < -0.3 is 15.7 Å². The number of nitrogens with zero attached hydrogens (tertiary/aromatic N) is 2. The lowest BCUT2D eigenvalue weighted by molar-refractivity contribution is -0.137. The van der Waals surface area contributed by atoms with E-state index in [-0.39, 0.29) is 18.5 Å². The third-order valence-electron chi connectivity index (χ3n) is 2.57. The zero-order valence-corrected chi connectivity index (χ0v) is 9.22. The molecule has 3 N–H and O–H groups in total. The Morgan fingerprint density at radius 2 is 2.47 bits per heavy atom. The van der Waals surface area contributed by atoms with Crippen molar-refractivity contribution >= 4 is 17.6 Å². The molecule has 0 radical (unpaired) electrons. The fourth-order valence-corrected chi connectivity index (χ4v) is 1.79. The maximum absolute atomic E-state index is 11.7. The van der Waals surface area contributed by atoms with Gasteiger partial charge in [0.1, 0.15) is 6.54 Å². The van der Waals surface area contributed by atoms with Gasteiger partial charge in [0.25, 0.3) is 0 Å². The van der Waals surface area contributed by atoms with E-state index in [1.54, 1.807) is 0 Å². The summed E-state index contributed by atoms with van der Waals surface area (Å²) in [6, 6.07) is -0.155. The number of aliphatic carboxylic acids is 1. The lowest BCUT2D eigenvalue weighted by Gasteiger charge is -2.08. The molecule has 0 aromatic carbocycles. The molecule has 1 aromatic heterocycles. The van der Waals surface area contributed by atoms with Crippen molar-refractivity contribution in [2.45, 2.75) is 25.4 Å². The molecule has 1 amide bonds. The molecular formula is C10H14N4O3. The number of aromatic nitrogens is 2. The third-order valence-corrected chi connectivity index (χ3v) is 2.57. The van der Waals surface area contributed by atoms with Gasteiger partial charge in [0.2, 0.25) is 5.91 Å². The van der Waals surface area contributed by atoms with Crippen molar-refractivity contribution in [1.29, 1.82) is 0 Å². The zero-order valence-electron chi connectivity index (χ0n) is 9.22. The molecule has 7 heteroatoms. The topological polar surface area (TPSA) is 96.2 Å². The van der Waals surface area contributed by atoms with Crippen LogP contribution in [0.1, 0.15) is 12.8 Å². The molecule has 1 aromatic rings. The molecule has 17 heavy (non-hydrogen) atoms. The van der Waals surface area contributed by atoms with Crippen LogP contribution in [-0.4, -0.2) is 39.4 Å². The first-order valence-corrected chi connectivity index (χ1v) is 5.43. The first kappa shape index (κ1) is 11.6. The van der Waals surface area contributed by atoms with E-state index in [2.05, 4.69) is 15.7 Å². The molecule has 2 rings (SSSR count). The van der Waals surface area contributed by atoms with Gasteiger partial charge in [-0.1, -0.05) is 0 Å². The Morgan fingerprint density at radius 1 is 1.65 bits per heavy atom. The summed E-state index contributed by atoms with van der Waals surface area (Å²) in [5.41, 5.74) is 0.518. The molecule has 92 valence electrons. The van der Waals surface area contributed by atoms with Crippen LogP contribution in [0.2, 0.25) is 0 Å². The monoisotopic (exact) mass is 238 g/mol. The summed E-state index contributed by atoms with van der Waals surface area (Å²) >= 11 is 0. The molecule has 0 spiro atoms. The molecule has 0 bridgehead atoms. The van der Waals surface area contributed by atoms with E-state index in [9.17, 15) is 9.59 Å². The van der Waals surface area contributed by atoms with E-state index in [1.807, 2.05) is 0 Å². The number of carboxylic acid groups (broad SMARTS) is 1. The van der Waals surface area contributed by atoms with Crippen molar-refractivity contribution in [2.24, 2.45) is 0 Å². The fraction of sp³-hybridized carbons (Fsp3) is 0.500. The molecule has 1 atom stereocenters. The van der Waals surface area contributed by atoms with Gasteiger partial charge in [-0.05, 0) is 19.4 Å². The molecule has 0 saturated carbocycles. The van der Waals surface area contributed by atoms with Crippen LogP contribution >= 0.6 is 0 Å². The molecule has 2 heterocycles. The highest BCUT2D eigenvalue weighted by molar-refractivity contribution is 5.94. The fourth-order valence-electron chi connectivity index (χ4n) is 1.79. The van der Waals surface area contributed by atoms with E-state index in [4.69, 9.17) is 5.11 Å².